The third-order valence-corrected chi connectivity index (χ3v) is 6.82. The average Bonchev–Trinajstić information content (AvgIpc) is 2.87. The zero-order chi connectivity index (χ0) is 19.1. The summed E-state index contributed by atoms with van der Waals surface area (Å²) in [6.45, 7) is 6.93. The molecule has 0 unspecified atom stereocenters. The van der Waals surface area contributed by atoms with Crippen molar-refractivity contribution in [1.29, 1.82) is 0 Å². The molecule has 0 aliphatic carbocycles. The average molecular weight is 376 g/mol. The molecule has 0 saturated carbocycles. The highest BCUT2D eigenvalue weighted by atomic mass is 32.2. The molecule has 1 aromatic carbocycles. The zero-order valence-corrected chi connectivity index (χ0v) is 16.4. The van der Waals surface area contributed by atoms with Crippen molar-refractivity contribution >= 4 is 15.9 Å². The Kier molecular flexibility index (Phi) is 4.90. The first-order valence-electron chi connectivity index (χ1n) is 8.58. The first kappa shape index (κ1) is 18.6. The molecule has 2 aromatic rings. The van der Waals surface area contributed by atoms with Crippen LogP contribution in [0.2, 0.25) is 0 Å². The normalized spacial score (nSPS) is 16.1. The van der Waals surface area contributed by atoms with Gasteiger partial charge in [0.25, 0.3) is 5.91 Å². The number of hydrogen-bond acceptors (Lipinski definition) is 4. The summed E-state index contributed by atoms with van der Waals surface area (Å²) in [5.41, 5.74) is 3.15. The van der Waals surface area contributed by atoms with Crippen molar-refractivity contribution in [3.63, 3.8) is 0 Å². The van der Waals surface area contributed by atoms with E-state index in [1.54, 1.807) is 33.8 Å². The molecule has 3 rings (SSSR count). The second-order valence-corrected chi connectivity index (χ2v) is 8.62. The molecule has 0 N–H and O–H groups in total. The molecule has 8 heteroatoms. The lowest BCUT2D eigenvalue weighted by Gasteiger charge is -2.34. The highest BCUT2D eigenvalue weighted by molar-refractivity contribution is 7.89. The van der Waals surface area contributed by atoms with E-state index >= 15 is 0 Å². The Balaban J connectivity index is 1.73. The summed E-state index contributed by atoms with van der Waals surface area (Å²) in [5.74, 6) is -0.0829. The quantitative estimate of drug-likeness (QED) is 0.813. The maximum Gasteiger partial charge on any atom is 0.257 e. The van der Waals surface area contributed by atoms with E-state index in [0.717, 1.165) is 11.3 Å². The number of amides is 1. The third kappa shape index (κ3) is 3.26. The van der Waals surface area contributed by atoms with Crippen molar-refractivity contribution in [2.45, 2.75) is 25.7 Å². The molecular formula is C18H24N4O3S. The fourth-order valence-electron chi connectivity index (χ4n) is 3.23. The van der Waals surface area contributed by atoms with Crippen molar-refractivity contribution in [3.05, 3.63) is 46.8 Å². The van der Waals surface area contributed by atoms with E-state index in [9.17, 15) is 13.2 Å². The van der Waals surface area contributed by atoms with Gasteiger partial charge in [-0.25, -0.2) is 8.42 Å². The van der Waals surface area contributed by atoms with Gasteiger partial charge in [-0.1, -0.05) is 17.7 Å². The highest BCUT2D eigenvalue weighted by Gasteiger charge is 2.31. The second kappa shape index (κ2) is 6.85. The smallest absolute Gasteiger partial charge is 0.257 e. The standard InChI is InChI=1S/C18H24N4O3S/c1-13-5-7-16(8-6-13)26(24,25)22-11-9-21(10-12-22)18(23)17-14(2)19-20(4)15(17)3/h5-8H,9-12H2,1-4H3. The molecule has 1 aromatic heterocycles. The molecule has 26 heavy (non-hydrogen) atoms. The summed E-state index contributed by atoms with van der Waals surface area (Å²) in [6.07, 6.45) is 0. The number of benzene rings is 1. The summed E-state index contributed by atoms with van der Waals surface area (Å²) in [5, 5.41) is 4.29. The summed E-state index contributed by atoms with van der Waals surface area (Å²) < 4.78 is 28.7. The molecule has 0 radical (unpaired) electrons. The first-order valence-corrected chi connectivity index (χ1v) is 10.0. The van der Waals surface area contributed by atoms with E-state index < -0.39 is 10.0 Å². The van der Waals surface area contributed by atoms with Gasteiger partial charge in [0.15, 0.2) is 0 Å². The number of nitrogens with zero attached hydrogens (tertiary/aromatic N) is 4. The van der Waals surface area contributed by atoms with Crippen LogP contribution in [0, 0.1) is 20.8 Å². The summed E-state index contributed by atoms with van der Waals surface area (Å²) in [6, 6.07) is 6.84. The van der Waals surface area contributed by atoms with Crippen LogP contribution in [0.4, 0.5) is 0 Å². The number of aromatic nitrogens is 2. The Hall–Kier alpha value is -2.19. The Labute approximate surface area is 154 Å². The molecule has 1 saturated heterocycles. The van der Waals surface area contributed by atoms with Crippen LogP contribution in [-0.2, 0) is 17.1 Å². The lowest BCUT2D eigenvalue weighted by Crippen LogP contribution is -2.50. The van der Waals surface area contributed by atoms with Gasteiger partial charge in [-0.05, 0) is 32.9 Å². The Morgan fingerprint density at radius 1 is 1.00 bits per heavy atom. The van der Waals surface area contributed by atoms with E-state index in [-0.39, 0.29) is 5.91 Å². The van der Waals surface area contributed by atoms with Gasteiger partial charge in [0, 0.05) is 38.9 Å². The molecule has 140 valence electrons. The maximum atomic E-state index is 12.8. The minimum absolute atomic E-state index is 0.0829. The second-order valence-electron chi connectivity index (χ2n) is 6.68. The molecule has 0 bridgehead atoms. The van der Waals surface area contributed by atoms with Crippen LogP contribution in [0.3, 0.4) is 0 Å². The van der Waals surface area contributed by atoms with E-state index in [1.807, 2.05) is 27.8 Å². The largest absolute Gasteiger partial charge is 0.336 e. The van der Waals surface area contributed by atoms with Crippen molar-refractivity contribution in [1.82, 2.24) is 19.0 Å². The van der Waals surface area contributed by atoms with Gasteiger partial charge in [-0.15, -0.1) is 0 Å². The predicted octanol–water partition coefficient (Wildman–Crippen LogP) is 1.49. The maximum absolute atomic E-state index is 12.8. The molecular weight excluding hydrogens is 352 g/mol. The lowest BCUT2D eigenvalue weighted by atomic mass is 10.1. The van der Waals surface area contributed by atoms with Gasteiger partial charge in [-0.3, -0.25) is 9.48 Å². The van der Waals surface area contributed by atoms with Crippen LogP contribution in [0.5, 0.6) is 0 Å². The monoisotopic (exact) mass is 376 g/mol. The number of sulfonamides is 1. The number of rotatable bonds is 3. The summed E-state index contributed by atoms with van der Waals surface area (Å²) in [4.78, 5) is 14.8. The van der Waals surface area contributed by atoms with E-state index in [2.05, 4.69) is 5.10 Å². The van der Waals surface area contributed by atoms with Crippen LogP contribution in [-0.4, -0.2) is 59.5 Å². The van der Waals surface area contributed by atoms with Crippen molar-refractivity contribution in [2.24, 2.45) is 7.05 Å². The molecule has 1 aliphatic heterocycles. The predicted molar refractivity (Wildman–Crippen MR) is 98.5 cm³/mol. The summed E-state index contributed by atoms with van der Waals surface area (Å²) >= 11 is 0. The minimum atomic E-state index is -3.53. The van der Waals surface area contributed by atoms with Gasteiger partial charge in [-0.2, -0.15) is 9.40 Å². The lowest BCUT2D eigenvalue weighted by molar-refractivity contribution is 0.0696. The SMILES string of the molecule is Cc1ccc(S(=O)(=O)N2CCN(C(=O)c3c(C)nn(C)c3C)CC2)cc1. The zero-order valence-electron chi connectivity index (χ0n) is 15.6. The number of piperazine rings is 1. The number of hydrogen-bond donors (Lipinski definition) is 0. The van der Waals surface area contributed by atoms with Crippen molar-refractivity contribution in [2.75, 3.05) is 26.2 Å². The van der Waals surface area contributed by atoms with Crippen LogP contribution in [0.15, 0.2) is 29.2 Å². The van der Waals surface area contributed by atoms with E-state index in [4.69, 9.17) is 0 Å². The van der Waals surface area contributed by atoms with Crippen LogP contribution in [0.25, 0.3) is 0 Å². The molecule has 1 amide bonds. The van der Waals surface area contributed by atoms with Crippen molar-refractivity contribution in [3.8, 4) is 0 Å². The third-order valence-electron chi connectivity index (χ3n) is 4.91. The van der Waals surface area contributed by atoms with Crippen LogP contribution >= 0.6 is 0 Å². The summed E-state index contributed by atoms with van der Waals surface area (Å²) in [7, 11) is -1.72. The van der Waals surface area contributed by atoms with E-state index in [1.165, 1.54) is 4.31 Å². The van der Waals surface area contributed by atoms with Gasteiger partial charge < -0.3 is 4.90 Å². The van der Waals surface area contributed by atoms with Crippen LogP contribution < -0.4 is 0 Å². The molecule has 0 spiro atoms. The molecule has 2 heterocycles. The molecule has 0 atom stereocenters. The number of carbonyl (C=O) groups is 1. The van der Waals surface area contributed by atoms with Crippen LogP contribution in [0.1, 0.15) is 27.3 Å². The fourth-order valence-corrected chi connectivity index (χ4v) is 4.65. The van der Waals surface area contributed by atoms with Gasteiger partial charge in [0.1, 0.15) is 0 Å². The van der Waals surface area contributed by atoms with Crippen molar-refractivity contribution < 1.29 is 13.2 Å². The molecule has 7 nitrogen and oxygen atoms in total. The first-order chi connectivity index (χ1) is 12.2. The fraction of sp³-hybridized carbons (Fsp3) is 0.444. The number of aryl methyl sites for hydroxylation is 3. The Morgan fingerprint density at radius 3 is 2.08 bits per heavy atom. The number of carbonyl (C=O) groups excluding carboxylic acids is 1. The topological polar surface area (TPSA) is 75.5 Å². The highest BCUT2D eigenvalue weighted by Crippen LogP contribution is 2.20. The van der Waals surface area contributed by atoms with Gasteiger partial charge in [0.05, 0.1) is 16.2 Å². The minimum Gasteiger partial charge on any atom is -0.336 e. The van der Waals surface area contributed by atoms with Gasteiger partial charge in [0.2, 0.25) is 10.0 Å². The van der Waals surface area contributed by atoms with Gasteiger partial charge >= 0.3 is 0 Å². The van der Waals surface area contributed by atoms with E-state index in [0.29, 0.717) is 42.3 Å². The molecule has 1 fully saturated rings. The Morgan fingerprint density at radius 2 is 1.58 bits per heavy atom. The molecule has 1 aliphatic rings. The Bertz CT molecular complexity index is 924.